The molecule has 0 aromatic carbocycles. The molecule has 0 fully saturated rings. The number of rotatable bonds is 4. The van der Waals surface area contributed by atoms with Crippen LogP contribution < -0.4 is 5.73 Å². The van der Waals surface area contributed by atoms with Gasteiger partial charge in [0.2, 0.25) is 0 Å². The van der Waals surface area contributed by atoms with Crippen molar-refractivity contribution in [3.63, 3.8) is 0 Å². The zero-order valence-electron chi connectivity index (χ0n) is 9.62. The van der Waals surface area contributed by atoms with Crippen LogP contribution in [-0.4, -0.2) is 9.78 Å². The minimum atomic E-state index is 0.0358. The van der Waals surface area contributed by atoms with E-state index >= 15 is 0 Å². The highest BCUT2D eigenvalue weighted by molar-refractivity contribution is 5.13. The highest BCUT2D eigenvalue weighted by Gasteiger charge is 2.10. The maximum atomic E-state index is 5.81. The van der Waals surface area contributed by atoms with Crippen molar-refractivity contribution in [1.82, 2.24) is 9.78 Å². The lowest BCUT2D eigenvalue weighted by atomic mass is 10.1. The molecule has 1 aromatic heterocycles. The summed E-state index contributed by atoms with van der Waals surface area (Å²) in [5.74, 6) is 0.665. The molecule has 1 aromatic rings. The summed E-state index contributed by atoms with van der Waals surface area (Å²) in [6, 6.07) is 2.17. The summed E-state index contributed by atoms with van der Waals surface area (Å²) in [6.07, 6.45) is 1.08. The van der Waals surface area contributed by atoms with Crippen molar-refractivity contribution < 1.29 is 0 Å². The van der Waals surface area contributed by atoms with Crippen molar-refractivity contribution in [3.8, 4) is 0 Å². The average molecular weight is 195 g/mol. The van der Waals surface area contributed by atoms with Gasteiger partial charge in [-0.1, -0.05) is 13.8 Å². The van der Waals surface area contributed by atoms with Crippen molar-refractivity contribution in [3.05, 3.63) is 17.5 Å². The molecule has 3 heteroatoms. The van der Waals surface area contributed by atoms with Gasteiger partial charge in [0, 0.05) is 18.3 Å². The van der Waals surface area contributed by atoms with E-state index in [9.17, 15) is 0 Å². The van der Waals surface area contributed by atoms with Gasteiger partial charge in [0.05, 0.1) is 5.69 Å². The summed E-state index contributed by atoms with van der Waals surface area (Å²) in [7, 11) is 0. The van der Waals surface area contributed by atoms with Crippen molar-refractivity contribution in [2.45, 2.75) is 46.7 Å². The smallest absolute Gasteiger partial charge is 0.0791 e. The lowest BCUT2D eigenvalue weighted by Crippen LogP contribution is -2.08. The second-order valence-corrected chi connectivity index (χ2v) is 4.26. The number of hydrogen-bond donors (Lipinski definition) is 1. The van der Waals surface area contributed by atoms with Gasteiger partial charge in [0.1, 0.15) is 0 Å². The third-order valence-electron chi connectivity index (χ3n) is 2.27. The predicted octanol–water partition coefficient (Wildman–Crippen LogP) is 2.12. The Balaban J connectivity index is 2.90. The van der Waals surface area contributed by atoms with Crippen molar-refractivity contribution in [1.29, 1.82) is 0 Å². The minimum absolute atomic E-state index is 0.0358. The molecule has 0 bridgehead atoms. The molecule has 1 atom stereocenters. The first-order valence-electron chi connectivity index (χ1n) is 5.36. The van der Waals surface area contributed by atoms with Crippen LogP contribution in [0.3, 0.4) is 0 Å². The molecule has 0 radical (unpaired) electrons. The van der Waals surface area contributed by atoms with E-state index in [-0.39, 0.29) is 6.04 Å². The Morgan fingerprint density at radius 1 is 1.43 bits per heavy atom. The highest BCUT2D eigenvalue weighted by atomic mass is 15.3. The third kappa shape index (κ3) is 2.58. The Morgan fingerprint density at radius 2 is 2.07 bits per heavy atom. The van der Waals surface area contributed by atoms with Gasteiger partial charge in [0.15, 0.2) is 0 Å². The van der Waals surface area contributed by atoms with Crippen molar-refractivity contribution >= 4 is 0 Å². The molecule has 1 heterocycles. The molecular weight excluding hydrogens is 174 g/mol. The Morgan fingerprint density at radius 3 is 2.50 bits per heavy atom. The predicted molar refractivity (Wildman–Crippen MR) is 59.0 cm³/mol. The van der Waals surface area contributed by atoms with Gasteiger partial charge in [0.25, 0.3) is 0 Å². The van der Waals surface area contributed by atoms with E-state index in [1.165, 1.54) is 5.69 Å². The van der Waals surface area contributed by atoms with Gasteiger partial charge in [-0.3, -0.25) is 4.68 Å². The molecule has 0 saturated heterocycles. The average Bonchev–Trinajstić information content (AvgIpc) is 2.46. The van der Waals surface area contributed by atoms with Gasteiger partial charge in [-0.05, 0) is 32.3 Å². The van der Waals surface area contributed by atoms with Crippen LogP contribution in [0.1, 0.15) is 45.1 Å². The summed E-state index contributed by atoms with van der Waals surface area (Å²) in [6.45, 7) is 9.45. The van der Waals surface area contributed by atoms with E-state index < -0.39 is 0 Å². The lowest BCUT2D eigenvalue weighted by molar-refractivity contribution is 0.556. The molecule has 1 unspecified atom stereocenters. The first-order chi connectivity index (χ1) is 6.54. The first-order valence-corrected chi connectivity index (χ1v) is 5.36. The second kappa shape index (κ2) is 4.60. The van der Waals surface area contributed by atoms with Crippen LogP contribution in [0.25, 0.3) is 0 Å². The zero-order chi connectivity index (χ0) is 10.7. The summed E-state index contributed by atoms with van der Waals surface area (Å²) >= 11 is 0. The first kappa shape index (κ1) is 11.2. The maximum absolute atomic E-state index is 5.81. The Kier molecular flexibility index (Phi) is 3.69. The fraction of sp³-hybridized carbons (Fsp3) is 0.727. The molecule has 0 amide bonds. The van der Waals surface area contributed by atoms with Crippen LogP contribution in [-0.2, 0) is 13.0 Å². The lowest BCUT2D eigenvalue weighted by Gasteiger charge is -2.06. The number of aromatic nitrogens is 2. The molecule has 0 aliphatic heterocycles. The van der Waals surface area contributed by atoms with E-state index in [1.807, 2.05) is 6.92 Å². The molecule has 1 rings (SSSR count). The minimum Gasteiger partial charge on any atom is -0.323 e. The fourth-order valence-electron chi connectivity index (χ4n) is 1.56. The SMILES string of the molecule is CCn1nc(C(C)N)cc1CC(C)C. The summed E-state index contributed by atoms with van der Waals surface area (Å²) in [4.78, 5) is 0. The Labute approximate surface area is 86.3 Å². The van der Waals surface area contributed by atoms with Gasteiger partial charge in [-0.25, -0.2) is 0 Å². The Hall–Kier alpha value is -0.830. The number of aryl methyl sites for hydroxylation is 1. The van der Waals surface area contributed by atoms with Gasteiger partial charge >= 0.3 is 0 Å². The van der Waals surface area contributed by atoms with E-state index in [1.54, 1.807) is 0 Å². The van der Waals surface area contributed by atoms with E-state index in [0.717, 1.165) is 18.7 Å². The van der Waals surface area contributed by atoms with Crippen LogP contribution >= 0.6 is 0 Å². The van der Waals surface area contributed by atoms with Crippen LogP contribution in [0.2, 0.25) is 0 Å². The molecule has 0 aliphatic carbocycles. The largest absolute Gasteiger partial charge is 0.323 e. The molecule has 3 nitrogen and oxygen atoms in total. The summed E-state index contributed by atoms with van der Waals surface area (Å²) in [5, 5.41) is 4.47. The van der Waals surface area contributed by atoms with Gasteiger partial charge in [-0.2, -0.15) is 5.10 Å². The molecule has 14 heavy (non-hydrogen) atoms. The van der Waals surface area contributed by atoms with Crippen LogP contribution in [0.5, 0.6) is 0 Å². The number of nitrogens with two attached hydrogens (primary N) is 1. The van der Waals surface area contributed by atoms with Gasteiger partial charge < -0.3 is 5.73 Å². The van der Waals surface area contributed by atoms with Crippen LogP contribution in [0.4, 0.5) is 0 Å². The standard InChI is InChI=1S/C11H21N3/c1-5-14-10(6-8(2)3)7-11(13-14)9(4)12/h7-9H,5-6,12H2,1-4H3. The zero-order valence-corrected chi connectivity index (χ0v) is 9.62. The molecule has 0 saturated carbocycles. The van der Waals surface area contributed by atoms with Gasteiger partial charge in [-0.15, -0.1) is 0 Å². The topological polar surface area (TPSA) is 43.8 Å². The monoisotopic (exact) mass is 195 g/mol. The highest BCUT2D eigenvalue weighted by Crippen LogP contribution is 2.14. The molecule has 0 aliphatic rings. The second-order valence-electron chi connectivity index (χ2n) is 4.26. The third-order valence-corrected chi connectivity index (χ3v) is 2.27. The number of nitrogens with zero attached hydrogens (tertiary/aromatic N) is 2. The molecule has 0 spiro atoms. The normalized spacial score (nSPS) is 13.6. The van der Waals surface area contributed by atoms with Crippen LogP contribution in [0, 0.1) is 5.92 Å². The number of hydrogen-bond acceptors (Lipinski definition) is 2. The quantitative estimate of drug-likeness (QED) is 0.799. The van der Waals surface area contributed by atoms with E-state index in [2.05, 4.69) is 36.6 Å². The van der Waals surface area contributed by atoms with Crippen molar-refractivity contribution in [2.75, 3.05) is 0 Å². The molecular formula is C11H21N3. The fourth-order valence-corrected chi connectivity index (χ4v) is 1.56. The van der Waals surface area contributed by atoms with Crippen LogP contribution in [0.15, 0.2) is 6.07 Å². The van der Waals surface area contributed by atoms with E-state index in [0.29, 0.717) is 5.92 Å². The maximum Gasteiger partial charge on any atom is 0.0791 e. The molecule has 2 N–H and O–H groups in total. The summed E-state index contributed by atoms with van der Waals surface area (Å²) < 4.78 is 2.05. The van der Waals surface area contributed by atoms with Crippen molar-refractivity contribution in [2.24, 2.45) is 11.7 Å². The van der Waals surface area contributed by atoms with E-state index in [4.69, 9.17) is 5.73 Å². The summed E-state index contributed by atoms with van der Waals surface area (Å²) in [5.41, 5.74) is 8.11. The Bertz CT molecular complexity index is 287. The molecule has 80 valence electrons.